The van der Waals surface area contributed by atoms with Crippen LogP contribution in [0, 0.1) is 0 Å². The van der Waals surface area contributed by atoms with Crippen LogP contribution in [0.1, 0.15) is 329 Å². The van der Waals surface area contributed by atoms with Gasteiger partial charge >= 0.3 is 0 Å². The summed E-state index contributed by atoms with van der Waals surface area (Å²) in [5.74, 6) is 0.766. The zero-order chi connectivity index (χ0) is 50.1. The molecule has 0 aliphatic heterocycles. The van der Waals surface area contributed by atoms with E-state index in [4.69, 9.17) is 0 Å². The normalized spacial score (nSPS) is 16.2. The zero-order valence-corrected chi connectivity index (χ0v) is 47.3. The lowest BCUT2D eigenvalue weighted by molar-refractivity contribution is -0.132. The lowest BCUT2D eigenvalue weighted by atomic mass is 9.88. The van der Waals surface area contributed by atoms with Crippen molar-refractivity contribution in [2.75, 3.05) is 39.3 Å². The number of unbranched alkanes of at least 4 members (excludes halogenated alkanes) is 36. The number of carbonyl (C=O) groups is 2. The van der Waals surface area contributed by atoms with E-state index in [-0.39, 0.29) is 6.04 Å². The van der Waals surface area contributed by atoms with E-state index < -0.39 is 12.2 Å². The highest BCUT2D eigenvalue weighted by molar-refractivity contribution is 5.76. The van der Waals surface area contributed by atoms with Crippen molar-refractivity contribution in [2.24, 2.45) is 0 Å². The highest BCUT2D eigenvalue weighted by Crippen LogP contribution is 2.26. The maximum atomic E-state index is 13.5. The van der Waals surface area contributed by atoms with Crippen molar-refractivity contribution in [3.63, 3.8) is 0 Å². The summed E-state index contributed by atoms with van der Waals surface area (Å²) in [5.41, 5.74) is 0. The van der Waals surface area contributed by atoms with E-state index in [0.717, 1.165) is 142 Å². The summed E-state index contributed by atoms with van der Waals surface area (Å²) in [4.78, 5) is 33.9. The van der Waals surface area contributed by atoms with Crippen LogP contribution < -0.4 is 0 Å². The first kappa shape index (κ1) is 65.8. The number of hydrogen-bond acceptors (Lipinski definition) is 5. The van der Waals surface area contributed by atoms with Gasteiger partial charge in [-0.05, 0) is 83.7 Å². The van der Waals surface area contributed by atoms with Crippen molar-refractivity contribution >= 4 is 11.8 Å². The second-order valence-electron chi connectivity index (χ2n) is 22.3. The van der Waals surface area contributed by atoms with Gasteiger partial charge in [0.05, 0.1) is 12.2 Å². The Morgan fingerprint density at radius 1 is 0.333 bits per heavy atom. The summed E-state index contributed by atoms with van der Waals surface area (Å²) in [6.45, 7) is 14.8. The smallest absolute Gasteiger partial charge is 0.222 e. The third-order valence-corrected chi connectivity index (χ3v) is 15.8. The van der Waals surface area contributed by atoms with E-state index in [0.29, 0.717) is 31.1 Å². The molecule has 7 nitrogen and oxygen atoms in total. The summed E-state index contributed by atoms with van der Waals surface area (Å²) in [7, 11) is 0. The summed E-state index contributed by atoms with van der Waals surface area (Å²) in [6, 6.07) is 0.0465. The third-order valence-electron chi connectivity index (χ3n) is 15.8. The first-order chi connectivity index (χ1) is 33.9. The van der Waals surface area contributed by atoms with Crippen molar-refractivity contribution in [1.82, 2.24) is 14.7 Å². The molecule has 1 aliphatic carbocycles. The van der Waals surface area contributed by atoms with Gasteiger partial charge in [-0.25, -0.2) is 0 Å². The van der Waals surface area contributed by atoms with Gasteiger partial charge in [-0.3, -0.25) is 14.5 Å². The van der Waals surface area contributed by atoms with Crippen molar-refractivity contribution in [3.05, 3.63) is 0 Å². The molecule has 410 valence electrons. The van der Waals surface area contributed by atoms with E-state index >= 15 is 0 Å². The molecule has 1 rings (SSSR count). The summed E-state index contributed by atoms with van der Waals surface area (Å²) in [6.07, 6.45) is 55.6. The molecule has 0 radical (unpaired) electrons. The van der Waals surface area contributed by atoms with Gasteiger partial charge in [-0.1, -0.05) is 246 Å². The summed E-state index contributed by atoms with van der Waals surface area (Å²) < 4.78 is 0. The van der Waals surface area contributed by atoms with Crippen LogP contribution >= 0.6 is 0 Å². The Morgan fingerprint density at radius 3 is 0.870 bits per heavy atom. The monoisotopic (exact) mass is 974 g/mol. The largest absolute Gasteiger partial charge is 0.390 e. The van der Waals surface area contributed by atoms with Gasteiger partial charge in [0.1, 0.15) is 0 Å². The molecule has 2 amide bonds. The van der Waals surface area contributed by atoms with Crippen LogP contribution in [-0.2, 0) is 9.59 Å². The van der Waals surface area contributed by atoms with Crippen LogP contribution in [0.25, 0.3) is 0 Å². The number of aliphatic hydroxyl groups excluding tert-OH is 2. The molecule has 1 saturated carbocycles. The molecule has 0 aromatic carbocycles. The lowest BCUT2D eigenvalue weighted by Crippen LogP contribution is -2.51. The van der Waals surface area contributed by atoms with Crippen LogP contribution in [0.3, 0.4) is 0 Å². The van der Waals surface area contributed by atoms with E-state index in [1.807, 2.05) is 0 Å². The Hall–Kier alpha value is -1.18. The number of rotatable bonds is 53. The van der Waals surface area contributed by atoms with Gasteiger partial charge in [0.2, 0.25) is 11.8 Å². The third kappa shape index (κ3) is 39.0. The quantitative estimate of drug-likeness (QED) is 0.0593. The molecule has 0 bridgehead atoms. The molecular weight excluding hydrogens is 851 g/mol. The van der Waals surface area contributed by atoms with Crippen LogP contribution in [0.5, 0.6) is 0 Å². The average Bonchev–Trinajstić information content (AvgIpc) is 3.35. The first-order valence-corrected chi connectivity index (χ1v) is 31.5. The summed E-state index contributed by atoms with van der Waals surface area (Å²) >= 11 is 0. The molecular formula is C62H123N3O4. The molecule has 0 spiro atoms. The Labute approximate surface area is 431 Å². The molecule has 7 heteroatoms. The Kier molecular flexibility index (Phi) is 48.0. The second-order valence-corrected chi connectivity index (χ2v) is 22.3. The molecule has 69 heavy (non-hydrogen) atoms. The minimum Gasteiger partial charge on any atom is -0.390 e. The number of nitrogens with zero attached hydrogens (tertiary/aromatic N) is 3. The predicted octanol–water partition coefficient (Wildman–Crippen LogP) is 17.5. The lowest BCUT2D eigenvalue weighted by Gasteiger charge is -2.40. The standard InChI is InChI=1S/C62H123N3O4/c1-5-9-13-17-21-25-33-43-54-64(55-44-34-26-22-18-14-10-6-2)60(67)50-39-31-29-37-41-52-63(58-48-47-49-59(66)62(58)69)53-42-38-30-32-40-51-61(68)65(56-45-35-27-23-19-15-11-7-3)57-46-36-28-24-20-16-12-8-4/h58-59,62,66,69H,5-57H2,1-4H3/t58-,59-,62+/m1/s1. The molecule has 1 aliphatic rings. The van der Waals surface area contributed by atoms with E-state index in [1.54, 1.807) is 0 Å². The maximum absolute atomic E-state index is 13.5. The topological polar surface area (TPSA) is 84.3 Å². The highest BCUT2D eigenvalue weighted by atomic mass is 16.3. The van der Waals surface area contributed by atoms with E-state index in [2.05, 4.69) is 42.4 Å². The second kappa shape index (κ2) is 50.4. The van der Waals surface area contributed by atoms with E-state index in [1.165, 1.54) is 180 Å². The van der Waals surface area contributed by atoms with Gasteiger partial charge < -0.3 is 20.0 Å². The van der Waals surface area contributed by atoms with Crippen LogP contribution in [0.4, 0.5) is 0 Å². The SMILES string of the molecule is CCCCCCCCCCN(CCCCCCCCCC)C(=O)CCCCCCCN(CCCCCCCC(=O)N(CCCCCCCCCC)CCCCCCCCCC)[C@@H]1CCC[C@@H](O)[C@H]1O. The van der Waals surface area contributed by atoms with Crippen molar-refractivity contribution < 1.29 is 19.8 Å². The minimum absolute atomic E-state index is 0.0465. The molecule has 0 saturated heterocycles. The van der Waals surface area contributed by atoms with Gasteiger partial charge in [-0.2, -0.15) is 0 Å². The highest BCUT2D eigenvalue weighted by Gasteiger charge is 2.34. The van der Waals surface area contributed by atoms with Crippen LogP contribution in [0.15, 0.2) is 0 Å². The molecule has 3 atom stereocenters. The average molecular weight is 975 g/mol. The molecule has 2 N–H and O–H groups in total. The first-order valence-electron chi connectivity index (χ1n) is 31.5. The summed E-state index contributed by atoms with van der Waals surface area (Å²) in [5, 5.41) is 21.7. The maximum Gasteiger partial charge on any atom is 0.222 e. The van der Waals surface area contributed by atoms with Crippen LogP contribution in [0.2, 0.25) is 0 Å². The molecule has 0 aromatic heterocycles. The number of hydrogen-bond donors (Lipinski definition) is 2. The van der Waals surface area contributed by atoms with Gasteiger partial charge in [0, 0.05) is 45.1 Å². The minimum atomic E-state index is -0.658. The predicted molar refractivity (Wildman–Crippen MR) is 300 cm³/mol. The molecule has 0 unspecified atom stereocenters. The molecule has 1 fully saturated rings. The number of amides is 2. The van der Waals surface area contributed by atoms with Gasteiger partial charge in [0.15, 0.2) is 0 Å². The Morgan fingerprint density at radius 2 is 0.580 bits per heavy atom. The molecule has 0 aromatic rings. The van der Waals surface area contributed by atoms with Crippen LogP contribution in [-0.4, -0.2) is 94.2 Å². The fourth-order valence-corrected chi connectivity index (χ4v) is 11.0. The Bertz CT molecular complexity index is 980. The Balaban J connectivity index is 2.50. The zero-order valence-electron chi connectivity index (χ0n) is 47.3. The van der Waals surface area contributed by atoms with E-state index in [9.17, 15) is 19.8 Å². The van der Waals surface area contributed by atoms with Gasteiger partial charge in [-0.15, -0.1) is 0 Å². The molecule has 0 heterocycles. The van der Waals surface area contributed by atoms with Crippen molar-refractivity contribution in [3.8, 4) is 0 Å². The fraction of sp³-hybridized carbons (Fsp3) is 0.968. The number of carbonyl (C=O) groups excluding carboxylic acids is 2. The fourth-order valence-electron chi connectivity index (χ4n) is 11.0. The number of aliphatic hydroxyl groups is 2. The van der Waals surface area contributed by atoms with Crippen molar-refractivity contribution in [1.29, 1.82) is 0 Å². The van der Waals surface area contributed by atoms with Crippen molar-refractivity contribution in [2.45, 2.75) is 348 Å². The van der Waals surface area contributed by atoms with Gasteiger partial charge in [0.25, 0.3) is 0 Å².